The van der Waals surface area contributed by atoms with Crippen molar-refractivity contribution in [3.05, 3.63) is 50.1 Å². The minimum absolute atomic E-state index is 0.169. The van der Waals surface area contributed by atoms with E-state index in [-0.39, 0.29) is 12.5 Å². The van der Waals surface area contributed by atoms with Crippen molar-refractivity contribution in [1.82, 2.24) is 10.9 Å². The van der Waals surface area contributed by atoms with Gasteiger partial charge < -0.3 is 4.74 Å². The lowest BCUT2D eigenvalue weighted by Gasteiger charge is -2.10. The molecule has 1 heterocycles. The molecular weight excluding hydrogens is 368 g/mol. The molecule has 7 heteroatoms. The minimum Gasteiger partial charge on any atom is -0.483 e. The normalized spacial score (nSPS) is 10.1. The zero-order chi connectivity index (χ0) is 16.1. The number of ether oxygens (including phenoxy) is 1. The van der Waals surface area contributed by atoms with Gasteiger partial charge in [-0.05, 0) is 53.0 Å². The Morgan fingerprint density at radius 2 is 2.00 bits per heavy atom. The molecule has 0 saturated carbocycles. The Morgan fingerprint density at radius 3 is 2.68 bits per heavy atom. The van der Waals surface area contributed by atoms with Gasteiger partial charge in [0.15, 0.2) is 6.61 Å². The number of carbonyl (C=O) groups excluding carboxylic acids is 2. The monoisotopic (exact) mass is 382 g/mol. The van der Waals surface area contributed by atoms with Gasteiger partial charge in [-0.2, -0.15) is 0 Å². The number of hydrogen-bond donors (Lipinski definition) is 2. The van der Waals surface area contributed by atoms with Crippen molar-refractivity contribution in [3.8, 4) is 5.75 Å². The molecule has 0 aliphatic carbocycles. The van der Waals surface area contributed by atoms with E-state index in [1.54, 1.807) is 11.4 Å². The van der Waals surface area contributed by atoms with E-state index >= 15 is 0 Å². The maximum absolute atomic E-state index is 11.8. The maximum Gasteiger partial charge on any atom is 0.276 e. The van der Waals surface area contributed by atoms with Crippen molar-refractivity contribution in [2.45, 2.75) is 13.8 Å². The number of nitrogens with one attached hydrogen (secondary N) is 2. The van der Waals surface area contributed by atoms with E-state index in [9.17, 15) is 9.59 Å². The molecule has 2 aromatic rings. The first-order valence-electron chi connectivity index (χ1n) is 6.49. The van der Waals surface area contributed by atoms with Crippen molar-refractivity contribution < 1.29 is 14.3 Å². The summed E-state index contributed by atoms with van der Waals surface area (Å²) >= 11 is 4.67. The highest BCUT2D eigenvalue weighted by Crippen LogP contribution is 2.20. The standard InChI is InChI=1S/C15H15BrN2O3S/c1-9-3-4-10(2)12(5-9)21-7-14(19)17-18-15(20)11-6-13(16)22-8-11/h3-6,8H,7H2,1-2H3,(H,17,19)(H,18,20). The van der Waals surface area contributed by atoms with Gasteiger partial charge in [0.05, 0.1) is 9.35 Å². The molecule has 22 heavy (non-hydrogen) atoms. The summed E-state index contributed by atoms with van der Waals surface area (Å²) in [5.74, 6) is -0.145. The third-order valence-electron chi connectivity index (χ3n) is 2.85. The van der Waals surface area contributed by atoms with Gasteiger partial charge in [0.2, 0.25) is 0 Å². The smallest absolute Gasteiger partial charge is 0.276 e. The predicted octanol–water partition coefficient (Wildman–Crippen LogP) is 2.97. The summed E-state index contributed by atoms with van der Waals surface area (Å²) < 4.78 is 6.30. The molecule has 0 atom stereocenters. The van der Waals surface area contributed by atoms with Crippen molar-refractivity contribution in [3.63, 3.8) is 0 Å². The van der Waals surface area contributed by atoms with Crippen molar-refractivity contribution in [1.29, 1.82) is 0 Å². The van der Waals surface area contributed by atoms with Crippen LogP contribution in [0.1, 0.15) is 21.5 Å². The van der Waals surface area contributed by atoms with Crippen LogP contribution in [-0.2, 0) is 4.79 Å². The number of halogens is 1. The Labute approximate surface area is 140 Å². The molecule has 2 N–H and O–H groups in total. The van der Waals surface area contributed by atoms with Crippen LogP contribution in [0.2, 0.25) is 0 Å². The van der Waals surface area contributed by atoms with E-state index in [0.717, 1.165) is 14.9 Å². The van der Waals surface area contributed by atoms with Crippen LogP contribution in [-0.4, -0.2) is 18.4 Å². The average molecular weight is 383 g/mol. The van der Waals surface area contributed by atoms with Crippen molar-refractivity contribution in [2.75, 3.05) is 6.61 Å². The summed E-state index contributed by atoms with van der Waals surface area (Å²) in [4.78, 5) is 23.5. The van der Waals surface area contributed by atoms with E-state index in [4.69, 9.17) is 4.74 Å². The fourth-order valence-electron chi connectivity index (χ4n) is 1.67. The number of benzene rings is 1. The summed E-state index contributed by atoms with van der Waals surface area (Å²) in [6.45, 7) is 3.69. The Bertz CT molecular complexity index is 700. The van der Waals surface area contributed by atoms with Crippen LogP contribution in [0.3, 0.4) is 0 Å². The SMILES string of the molecule is Cc1ccc(C)c(OCC(=O)NNC(=O)c2csc(Br)c2)c1. The van der Waals surface area contributed by atoms with Crippen LogP contribution in [0, 0.1) is 13.8 Å². The predicted molar refractivity (Wildman–Crippen MR) is 89.0 cm³/mol. The fraction of sp³-hybridized carbons (Fsp3) is 0.200. The summed E-state index contributed by atoms with van der Waals surface area (Å²) in [7, 11) is 0. The van der Waals surface area contributed by atoms with E-state index in [0.29, 0.717) is 11.3 Å². The summed E-state index contributed by atoms with van der Waals surface area (Å²) in [6.07, 6.45) is 0. The zero-order valence-electron chi connectivity index (χ0n) is 12.1. The highest BCUT2D eigenvalue weighted by Gasteiger charge is 2.10. The Kier molecular flexibility index (Phi) is 5.57. The second-order valence-electron chi connectivity index (χ2n) is 4.70. The molecule has 2 rings (SSSR count). The number of aryl methyl sites for hydroxylation is 2. The lowest BCUT2D eigenvalue weighted by atomic mass is 10.1. The molecule has 0 saturated heterocycles. The second kappa shape index (κ2) is 7.42. The number of thiophene rings is 1. The van der Waals surface area contributed by atoms with Crippen LogP contribution in [0.15, 0.2) is 33.4 Å². The largest absolute Gasteiger partial charge is 0.483 e. The second-order valence-corrected chi connectivity index (χ2v) is 6.99. The van der Waals surface area contributed by atoms with Crippen molar-refractivity contribution in [2.24, 2.45) is 0 Å². The highest BCUT2D eigenvalue weighted by molar-refractivity contribution is 9.11. The molecule has 0 unspecified atom stereocenters. The number of amides is 2. The molecule has 0 spiro atoms. The molecule has 0 fully saturated rings. The van der Waals surface area contributed by atoms with Crippen molar-refractivity contribution >= 4 is 39.1 Å². The molecule has 0 bridgehead atoms. The third kappa shape index (κ3) is 4.57. The molecule has 116 valence electrons. The van der Waals surface area contributed by atoms with Crippen LogP contribution in [0.4, 0.5) is 0 Å². The van der Waals surface area contributed by atoms with Gasteiger partial charge in [-0.15, -0.1) is 11.3 Å². The van der Waals surface area contributed by atoms with E-state index in [2.05, 4.69) is 26.8 Å². The molecule has 0 radical (unpaired) electrons. The van der Waals surface area contributed by atoms with Gasteiger partial charge in [0.25, 0.3) is 11.8 Å². The number of hydrogen-bond acceptors (Lipinski definition) is 4. The van der Waals surface area contributed by atoms with Gasteiger partial charge in [0, 0.05) is 5.38 Å². The molecule has 0 aliphatic rings. The van der Waals surface area contributed by atoms with Gasteiger partial charge in [-0.1, -0.05) is 12.1 Å². The first-order valence-corrected chi connectivity index (χ1v) is 8.16. The Morgan fingerprint density at radius 1 is 1.23 bits per heavy atom. The minimum atomic E-state index is -0.427. The molecule has 0 aliphatic heterocycles. The highest BCUT2D eigenvalue weighted by atomic mass is 79.9. The quantitative estimate of drug-likeness (QED) is 0.798. The lowest BCUT2D eigenvalue weighted by Crippen LogP contribution is -2.43. The number of carbonyl (C=O) groups is 2. The molecule has 1 aromatic carbocycles. The maximum atomic E-state index is 11.8. The Balaban J connectivity index is 1.81. The van der Waals surface area contributed by atoms with Gasteiger partial charge in [-0.25, -0.2) is 0 Å². The third-order valence-corrected chi connectivity index (χ3v) is 4.35. The van der Waals surface area contributed by atoms with Crippen LogP contribution in [0.5, 0.6) is 5.75 Å². The van der Waals surface area contributed by atoms with E-state index in [1.807, 2.05) is 32.0 Å². The number of hydrazine groups is 1. The van der Waals surface area contributed by atoms with Crippen LogP contribution in [0.25, 0.3) is 0 Å². The van der Waals surface area contributed by atoms with Crippen LogP contribution >= 0.6 is 27.3 Å². The zero-order valence-corrected chi connectivity index (χ0v) is 14.5. The van der Waals surface area contributed by atoms with E-state index < -0.39 is 5.91 Å². The summed E-state index contributed by atoms with van der Waals surface area (Å²) in [5, 5.41) is 1.69. The topological polar surface area (TPSA) is 67.4 Å². The van der Waals surface area contributed by atoms with Crippen LogP contribution < -0.4 is 15.6 Å². The summed E-state index contributed by atoms with van der Waals surface area (Å²) in [5.41, 5.74) is 7.14. The summed E-state index contributed by atoms with van der Waals surface area (Å²) in [6, 6.07) is 7.45. The van der Waals surface area contributed by atoms with Gasteiger partial charge in [0.1, 0.15) is 5.75 Å². The Hall–Kier alpha value is -1.86. The first-order chi connectivity index (χ1) is 10.5. The first kappa shape index (κ1) is 16.5. The molecule has 2 amide bonds. The average Bonchev–Trinajstić information content (AvgIpc) is 2.92. The van der Waals surface area contributed by atoms with E-state index in [1.165, 1.54) is 11.3 Å². The lowest BCUT2D eigenvalue weighted by molar-refractivity contribution is -0.123. The van der Waals surface area contributed by atoms with Gasteiger partial charge >= 0.3 is 0 Å². The number of rotatable bonds is 4. The molecule has 1 aromatic heterocycles. The van der Waals surface area contributed by atoms with Gasteiger partial charge in [-0.3, -0.25) is 20.4 Å². The molecule has 5 nitrogen and oxygen atoms in total. The molecular formula is C15H15BrN2O3S. The fourth-order valence-corrected chi connectivity index (χ4v) is 2.81.